The van der Waals surface area contributed by atoms with Gasteiger partial charge in [-0.05, 0) is 70.4 Å². The standard InChI is InChI=1S/C29H26FN3O/c30-29-25-17-23(14-16-26(25)32-33-29)28(22-12-9-19(10-13-22)11-15-24(34)18-31)27(21-7-4-8-21)20-5-2-1-3-6-20/h1-3,5-6,9-17,21H,4,7-8,18,31H2,(H,32,33)/b15-11+,28-27-. The highest BCUT2D eigenvalue weighted by Crippen LogP contribution is 2.45. The molecule has 0 bridgehead atoms. The van der Waals surface area contributed by atoms with Crippen LogP contribution in [0.5, 0.6) is 0 Å². The minimum absolute atomic E-state index is 0.00363. The van der Waals surface area contributed by atoms with Crippen molar-refractivity contribution in [3.63, 3.8) is 0 Å². The van der Waals surface area contributed by atoms with Gasteiger partial charge in [0.2, 0.25) is 5.95 Å². The van der Waals surface area contributed by atoms with Crippen molar-refractivity contribution in [2.45, 2.75) is 19.3 Å². The molecule has 170 valence electrons. The fourth-order valence-electron chi connectivity index (χ4n) is 4.53. The fourth-order valence-corrected chi connectivity index (χ4v) is 4.53. The highest BCUT2D eigenvalue weighted by Gasteiger charge is 2.27. The van der Waals surface area contributed by atoms with Crippen LogP contribution < -0.4 is 5.73 Å². The summed E-state index contributed by atoms with van der Waals surface area (Å²) in [6, 6.07) is 24.4. The van der Waals surface area contributed by atoms with Gasteiger partial charge in [-0.25, -0.2) is 0 Å². The second-order valence-corrected chi connectivity index (χ2v) is 8.68. The zero-order chi connectivity index (χ0) is 23.5. The number of halogens is 1. The molecule has 0 radical (unpaired) electrons. The van der Waals surface area contributed by atoms with E-state index < -0.39 is 5.95 Å². The van der Waals surface area contributed by atoms with E-state index in [1.54, 1.807) is 6.08 Å². The molecule has 0 saturated heterocycles. The van der Waals surface area contributed by atoms with Crippen molar-refractivity contribution in [1.29, 1.82) is 0 Å². The summed E-state index contributed by atoms with van der Waals surface area (Å²) < 4.78 is 14.4. The quantitative estimate of drug-likeness (QED) is 0.267. The first-order valence-corrected chi connectivity index (χ1v) is 11.6. The highest BCUT2D eigenvalue weighted by molar-refractivity contribution is 6.01. The number of aromatic nitrogens is 2. The Hall–Kier alpha value is -3.83. The molecule has 5 rings (SSSR count). The SMILES string of the molecule is NCC(=O)/C=C/c1ccc(/C(=C(\c2ccccc2)C2CCC2)c2ccc3n[nH]c(F)c3c2)cc1. The molecule has 5 heteroatoms. The first kappa shape index (κ1) is 22.0. The predicted octanol–water partition coefficient (Wildman–Crippen LogP) is 6.00. The number of nitrogens with zero attached hydrogens (tertiary/aromatic N) is 1. The Morgan fingerprint density at radius 2 is 1.74 bits per heavy atom. The maximum Gasteiger partial charge on any atom is 0.216 e. The minimum atomic E-state index is -0.425. The molecule has 3 N–H and O–H groups in total. The molecule has 0 spiro atoms. The minimum Gasteiger partial charge on any atom is -0.324 e. The molecule has 1 aliphatic rings. The molecule has 4 nitrogen and oxygen atoms in total. The van der Waals surface area contributed by atoms with Crippen molar-refractivity contribution in [3.05, 3.63) is 107 Å². The second kappa shape index (κ2) is 9.57. The molecule has 34 heavy (non-hydrogen) atoms. The van der Waals surface area contributed by atoms with E-state index in [9.17, 15) is 9.18 Å². The molecule has 0 amide bonds. The molecule has 1 fully saturated rings. The third-order valence-electron chi connectivity index (χ3n) is 6.53. The van der Waals surface area contributed by atoms with Gasteiger partial charge in [-0.1, -0.05) is 73.2 Å². The van der Waals surface area contributed by atoms with Crippen LogP contribution in [-0.4, -0.2) is 22.5 Å². The van der Waals surface area contributed by atoms with Crippen LogP contribution in [0.2, 0.25) is 0 Å². The van der Waals surface area contributed by atoms with Gasteiger partial charge in [-0.3, -0.25) is 9.89 Å². The van der Waals surface area contributed by atoms with E-state index in [0.717, 1.165) is 35.1 Å². The van der Waals surface area contributed by atoms with Crippen LogP contribution in [0, 0.1) is 11.9 Å². The third kappa shape index (κ3) is 4.35. The summed E-state index contributed by atoms with van der Waals surface area (Å²) in [5.74, 6) is -0.0911. The number of carbonyl (C=O) groups is 1. The number of fused-ring (bicyclic) bond motifs is 1. The predicted molar refractivity (Wildman–Crippen MR) is 135 cm³/mol. The van der Waals surface area contributed by atoms with Crippen molar-refractivity contribution in [2.24, 2.45) is 11.7 Å². The summed E-state index contributed by atoms with van der Waals surface area (Å²) in [5.41, 5.74) is 12.5. The number of benzene rings is 3. The van der Waals surface area contributed by atoms with Crippen LogP contribution in [0.1, 0.15) is 41.5 Å². The number of H-pyrrole nitrogens is 1. The van der Waals surface area contributed by atoms with E-state index in [1.165, 1.54) is 23.6 Å². The molecule has 4 aromatic rings. The van der Waals surface area contributed by atoms with E-state index in [-0.39, 0.29) is 12.3 Å². The maximum atomic E-state index is 14.4. The third-order valence-corrected chi connectivity index (χ3v) is 6.53. The molecule has 0 unspecified atom stereocenters. The molecule has 3 aromatic carbocycles. The zero-order valence-corrected chi connectivity index (χ0v) is 18.8. The Morgan fingerprint density at radius 3 is 2.41 bits per heavy atom. The van der Waals surface area contributed by atoms with Gasteiger partial charge in [-0.2, -0.15) is 9.49 Å². The fraction of sp³-hybridized carbons (Fsp3) is 0.172. The highest BCUT2D eigenvalue weighted by atomic mass is 19.1. The summed E-state index contributed by atoms with van der Waals surface area (Å²) >= 11 is 0. The topological polar surface area (TPSA) is 71.8 Å². The van der Waals surface area contributed by atoms with Crippen molar-refractivity contribution >= 4 is 33.9 Å². The summed E-state index contributed by atoms with van der Waals surface area (Å²) in [4.78, 5) is 11.6. The second-order valence-electron chi connectivity index (χ2n) is 8.68. The van der Waals surface area contributed by atoms with E-state index in [4.69, 9.17) is 5.73 Å². The molecule has 0 aliphatic heterocycles. The van der Waals surface area contributed by atoms with Crippen LogP contribution in [0.15, 0.2) is 78.9 Å². The van der Waals surface area contributed by atoms with E-state index in [0.29, 0.717) is 16.8 Å². The van der Waals surface area contributed by atoms with Gasteiger partial charge in [0.25, 0.3) is 0 Å². The number of allylic oxidation sites excluding steroid dienone is 1. The number of hydrogen-bond acceptors (Lipinski definition) is 3. The molecule has 1 saturated carbocycles. The monoisotopic (exact) mass is 451 g/mol. The van der Waals surface area contributed by atoms with E-state index in [2.05, 4.69) is 46.6 Å². The Bertz CT molecular complexity index is 1380. The Balaban J connectivity index is 1.69. The summed E-state index contributed by atoms with van der Waals surface area (Å²) in [5, 5.41) is 6.98. The summed E-state index contributed by atoms with van der Waals surface area (Å²) in [7, 11) is 0. The van der Waals surface area contributed by atoms with Gasteiger partial charge < -0.3 is 5.73 Å². The van der Waals surface area contributed by atoms with Crippen LogP contribution in [0.4, 0.5) is 4.39 Å². The lowest BCUT2D eigenvalue weighted by molar-refractivity contribution is -0.113. The number of hydrogen-bond donors (Lipinski definition) is 2. The zero-order valence-electron chi connectivity index (χ0n) is 18.8. The van der Waals surface area contributed by atoms with Crippen molar-refractivity contribution in [2.75, 3.05) is 6.54 Å². The van der Waals surface area contributed by atoms with Gasteiger partial charge in [0.05, 0.1) is 17.4 Å². The van der Waals surface area contributed by atoms with Crippen LogP contribution >= 0.6 is 0 Å². The van der Waals surface area contributed by atoms with Gasteiger partial charge in [0, 0.05) is 0 Å². The molecular weight excluding hydrogens is 425 g/mol. The van der Waals surface area contributed by atoms with E-state index >= 15 is 0 Å². The van der Waals surface area contributed by atoms with Gasteiger partial charge in [0.1, 0.15) is 0 Å². The first-order chi connectivity index (χ1) is 16.6. The van der Waals surface area contributed by atoms with Gasteiger partial charge in [0.15, 0.2) is 5.78 Å². The number of carbonyl (C=O) groups excluding carboxylic acids is 1. The number of aromatic amines is 1. The largest absolute Gasteiger partial charge is 0.324 e. The Kier molecular flexibility index (Phi) is 6.19. The lowest BCUT2D eigenvalue weighted by Gasteiger charge is -2.31. The van der Waals surface area contributed by atoms with Crippen molar-refractivity contribution in [3.8, 4) is 0 Å². The molecular formula is C29H26FN3O. The Labute approximate surface area is 198 Å². The summed E-state index contributed by atoms with van der Waals surface area (Å²) in [6.45, 7) is -0.00363. The van der Waals surface area contributed by atoms with Gasteiger partial charge in [-0.15, -0.1) is 0 Å². The smallest absolute Gasteiger partial charge is 0.216 e. The van der Waals surface area contributed by atoms with Crippen molar-refractivity contribution < 1.29 is 9.18 Å². The van der Waals surface area contributed by atoms with Crippen molar-refractivity contribution in [1.82, 2.24) is 10.2 Å². The number of ketones is 1. The average molecular weight is 452 g/mol. The van der Waals surface area contributed by atoms with E-state index in [1.807, 2.05) is 36.4 Å². The maximum absolute atomic E-state index is 14.4. The Morgan fingerprint density at radius 1 is 1.00 bits per heavy atom. The molecule has 1 aliphatic carbocycles. The molecule has 1 aromatic heterocycles. The lowest BCUT2D eigenvalue weighted by Crippen LogP contribution is -2.15. The molecule has 0 atom stereocenters. The summed E-state index contributed by atoms with van der Waals surface area (Å²) in [6.07, 6.45) is 6.77. The van der Waals surface area contributed by atoms with Crippen LogP contribution in [-0.2, 0) is 4.79 Å². The first-order valence-electron chi connectivity index (χ1n) is 11.6. The normalized spacial score (nSPS) is 14.9. The number of nitrogens with two attached hydrogens (primary N) is 1. The van der Waals surface area contributed by atoms with Crippen LogP contribution in [0.3, 0.4) is 0 Å². The number of rotatable bonds is 7. The van der Waals surface area contributed by atoms with Crippen LogP contribution in [0.25, 0.3) is 28.1 Å². The average Bonchev–Trinajstić information content (AvgIpc) is 3.22. The van der Waals surface area contributed by atoms with Gasteiger partial charge >= 0.3 is 0 Å². The number of nitrogens with one attached hydrogen (secondary N) is 1. The lowest BCUT2D eigenvalue weighted by atomic mass is 9.73. The molecule has 1 heterocycles.